The first-order valence-corrected chi connectivity index (χ1v) is 9.91. The lowest BCUT2D eigenvalue weighted by atomic mass is 10.4. The number of halogens is 3. The molecule has 3 aromatic heterocycles. The van der Waals surface area contributed by atoms with Crippen LogP contribution in [0.4, 0.5) is 19.0 Å². The minimum absolute atomic E-state index is 0.0350. The third kappa shape index (κ3) is 4.24. The van der Waals surface area contributed by atoms with Gasteiger partial charge in [-0.25, -0.2) is 27.1 Å². The maximum Gasteiger partial charge on any atom is 0.314 e. The Labute approximate surface area is 155 Å². The highest BCUT2D eigenvalue weighted by Gasteiger charge is 2.24. The number of rotatable bonds is 7. The first-order valence-electron chi connectivity index (χ1n) is 7.48. The first-order chi connectivity index (χ1) is 12.8. The zero-order chi connectivity index (χ0) is 19.6. The Morgan fingerprint density at radius 1 is 1.22 bits per heavy atom. The number of alkyl halides is 2. The minimum atomic E-state index is -3.72. The summed E-state index contributed by atoms with van der Waals surface area (Å²) in [5.41, 5.74) is 0. The van der Waals surface area contributed by atoms with E-state index >= 15 is 0 Å². The van der Waals surface area contributed by atoms with Crippen LogP contribution in [0.2, 0.25) is 0 Å². The summed E-state index contributed by atoms with van der Waals surface area (Å²) in [7, 11) is -3.72. The molecule has 0 N–H and O–H groups in total. The molecule has 8 nitrogen and oxygen atoms in total. The molecule has 0 aliphatic rings. The van der Waals surface area contributed by atoms with Crippen molar-refractivity contribution in [3.63, 3.8) is 0 Å². The number of hydrogen-bond acceptors (Lipinski definition) is 8. The van der Waals surface area contributed by atoms with E-state index in [1.807, 2.05) is 0 Å². The van der Waals surface area contributed by atoms with E-state index in [1.54, 1.807) is 0 Å². The molecule has 0 unspecified atom stereocenters. The molecule has 27 heavy (non-hydrogen) atoms. The monoisotopic (exact) mass is 419 g/mol. The summed E-state index contributed by atoms with van der Waals surface area (Å²) < 4.78 is 68.8. The molecule has 0 aromatic carbocycles. The van der Waals surface area contributed by atoms with Crippen LogP contribution in [0.3, 0.4) is 0 Å². The van der Waals surface area contributed by atoms with Gasteiger partial charge in [0.2, 0.25) is 10.0 Å². The van der Waals surface area contributed by atoms with Crippen molar-refractivity contribution < 1.29 is 26.0 Å². The van der Waals surface area contributed by atoms with E-state index < -0.39 is 28.2 Å². The lowest BCUT2D eigenvalue weighted by Gasteiger charge is -2.21. The molecule has 3 heterocycles. The molecule has 0 spiro atoms. The number of thiazole rings is 1. The third-order valence-corrected chi connectivity index (χ3v) is 6.03. The zero-order valence-corrected chi connectivity index (χ0v) is 15.3. The van der Waals surface area contributed by atoms with E-state index in [-0.39, 0.29) is 24.0 Å². The Bertz CT molecular complexity index is 1020. The highest BCUT2D eigenvalue weighted by molar-refractivity contribution is 7.92. The average Bonchev–Trinajstić information content (AvgIpc) is 3.30. The normalized spacial score (nSPS) is 11.9. The van der Waals surface area contributed by atoms with E-state index in [0.717, 1.165) is 27.9 Å². The van der Waals surface area contributed by atoms with Crippen LogP contribution in [0, 0.1) is 5.82 Å². The zero-order valence-electron chi connectivity index (χ0n) is 13.7. The van der Waals surface area contributed by atoms with Crippen LogP contribution in [0.5, 0.6) is 0 Å². The summed E-state index contributed by atoms with van der Waals surface area (Å²) in [6.45, 7) is 1.29. The van der Waals surface area contributed by atoms with E-state index in [4.69, 9.17) is 4.42 Å². The topological polar surface area (TPSA) is 102 Å². The molecule has 0 amide bonds. The molecule has 0 atom stereocenters. The molecule has 3 rings (SSSR count). The summed E-state index contributed by atoms with van der Waals surface area (Å²) in [6, 6.07) is 2.34. The molecule has 144 valence electrons. The van der Waals surface area contributed by atoms with Gasteiger partial charge in [-0.3, -0.25) is 0 Å². The summed E-state index contributed by atoms with van der Waals surface area (Å²) in [6.07, 6.45) is -0.670. The largest absolute Gasteiger partial charge is 0.414 e. The molecular formula is C14H12F3N5O3S2. The number of nitrogens with zero attached hydrogens (tertiary/aromatic N) is 5. The molecule has 3 aromatic rings. The number of aromatic nitrogens is 4. The Balaban J connectivity index is 1.88. The smallest absolute Gasteiger partial charge is 0.314 e. The minimum Gasteiger partial charge on any atom is -0.414 e. The van der Waals surface area contributed by atoms with Gasteiger partial charge in [0.15, 0.2) is 0 Å². The lowest BCUT2D eigenvalue weighted by molar-refractivity contribution is 0.116. The van der Waals surface area contributed by atoms with Crippen molar-refractivity contribution in [2.24, 2.45) is 0 Å². The van der Waals surface area contributed by atoms with Gasteiger partial charge in [-0.15, -0.1) is 21.5 Å². The maximum atomic E-state index is 13.1. The van der Waals surface area contributed by atoms with Gasteiger partial charge in [0.05, 0.1) is 24.7 Å². The molecule has 13 heteroatoms. The SMILES string of the molecule is CCS(=O)(=O)N(Cc1ncc(-c2nnc(C(F)F)o2)s1)c1ccc(F)cn1. The quantitative estimate of drug-likeness (QED) is 0.580. The van der Waals surface area contributed by atoms with Gasteiger partial charge in [0.25, 0.3) is 11.8 Å². The van der Waals surface area contributed by atoms with Crippen molar-refractivity contribution in [1.29, 1.82) is 0 Å². The predicted molar refractivity (Wildman–Crippen MR) is 90.2 cm³/mol. The van der Waals surface area contributed by atoms with Crippen LogP contribution < -0.4 is 4.31 Å². The van der Waals surface area contributed by atoms with Crippen molar-refractivity contribution in [1.82, 2.24) is 20.2 Å². The Hall–Kier alpha value is -2.54. The molecule has 0 fully saturated rings. The fraction of sp³-hybridized carbons (Fsp3) is 0.286. The maximum absolute atomic E-state index is 13.1. The standard InChI is InChI=1S/C14H12F3N5O3S2/c1-2-27(23,24)22(10-4-3-8(15)5-18-10)7-11-19-6-9(26-11)13-20-21-14(25-13)12(16)17/h3-6,12H,2,7H2,1H3. The van der Waals surface area contributed by atoms with Crippen LogP contribution in [-0.2, 0) is 16.6 Å². The van der Waals surface area contributed by atoms with E-state index in [9.17, 15) is 21.6 Å². The van der Waals surface area contributed by atoms with Gasteiger partial charge in [-0.1, -0.05) is 0 Å². The van der Waals surface area contributed by atoms with Gasteiger partial charge in [0, 0.05) is 0 Å². The molecular weight excluding hydrogens is 407 g/mol. The van der Waals surface area contributed by atoms with Crippen LogP contribution in [0.25, 0.3) is 10.8 Å². The van der Waals surface area contributed by atoms with Gasteiger partial charge < -0.3 is 4.42 Å². The second-order valence-corrected chi connectivity index (χ2v) is 8.40. The summed E-state index contributed by atoms with van der Waals surface area (Å²) >= 11 is 1.00. The van der Waals surface area contributed by atoms with Crippen molar-refractivity contribution in [3.8, 4) is 10.8 Å². The van der Waals surface area contributed by atoms with E-state index in [2.05, 4.69) is 20.2 Å². The summed E-state index contributed by atoms with van der Waals surface area (Å²) in [5.74, 6) is -1.72. The van der Waals surface area contributed by atoms with Gasteiger partial charge >= 0.3 is 6.43 Å². The van der Waals surface area contributed by atoms with E-state index in [1.165, 1.54) is 19.2 Å². The highest BCUT2D eigenvalue weighted by Crippen LogP contribution is 2.29. The first kappa shape index (κ1) is 19.2. The fourth-order valence-electron chi connectivity index (χ4n) is 2.02. The number of pyridine rings is 1. The average molecular weight is 419 g/mol. The van der Waals surface area contributed by atoms with Gasteiger partial charge in [0.1, 0.15) is 21.5 Å². The second kappa shape index (κ2) is 7.60. The van der Waals surface area contributed by atoms with Crippen molar-refractivity contribution in [2.75, 3.05) is 10.1 Å². The fourth-order valence-corrected chi connectivity index (χ4v) is 3.95. The molecule has 0 aliphatic heterocycles. The Morgan fingerprint density at radius 3 is 2.59 bits per heavy atom. The Kier molecular flexibility index (Phi) is 5.41. The van der Waals surface area contributed by atoms with Crippen molar-refractivity contribution in [3.05, 3.63) is 41.2 Å². The molecule has 0 aliphatic carbocycles. The summed E-state index contributed by atoms with van der Waals surface area (Å²) in [5, 5.41) is 7.09. The predicted octanol–water partition coefficient (Wildman–Crippen LogP) is 3.02. The molecule has 0 saturated carbocycles. The van der Waals surface area contributed by atoms with Crippen molar-refractivity contribution in [2.45, 2.75) is 19.9 Å². The van der Waals surface area contributed by atoms with Crippen LogP contribution in [0.15, 0.2) is 28.9 Å². The number of hydrogen-bond donors (Lipinski definition) is 0. The van der Waals surface area contributed by atoms with E-state index in [0.29, 0.717) is 9.88 Å². The lowest BCUT2D eigenvalue weighted by Crippen LogP contribution is -2.32. The van der Waals surface area contributed by atoms with Gasteiger partial charge in [-0.2, -0.15) is 8.78 Å². The number of anilines is 1. The Morgan fingerprint density at radius 2 is 2.00 bits per heavy atom. The highest BCUT2D eigenvalue weighted by atomic mass is 32.2. The molecule has 0 bridgehead atoms. The second-order valence-electron chi connectivity index (χ2n) is 5.11. The van der Waals surface area contributed by atoms with Crippen LogP contribution in [-0.4, -0.2) is 34.3 Å². The summed E-state index contributed by atoms with van der Waals surface area (Å²) in [4.78, 5) is 8.18. The molecule has 0 saturated heterocycles. The molecule has 0 radical (unpaired) electrons. The van der Waals surface area contributed by atoms with Crippen molar-refractivity contribution >= 4 is 27.2 Å². The van der Waals surface area contributed by atoms with Crippen LogP contribution >= 0.6 is 11.3 Å². The van der Waals surface area contributed by atoms with Crippen LogP contribution in [0.1, 0.15) is 24.2 Å². The third-order valence-electron chi connectivity index (χ3n) is 3.34. The van der Waals surface area contributed by atoms with Gasteiger partial charge in [-0.05, 0) is 19.1 Å². The number of sulfonamides is 1.